The summed E-state index contributed by atoms with van der Waals surface area (Å²) in [5.41, 5.74) is -0.151. The Kier molecular flexibility index (Phi) is 3.66. The van der Waals surface area contributed by atoms with Gasteiger partial charge in [0.25, 0.3) is 0 Å². The second-order valence-corrected chi connectivity index (χ2v) is 4.16. The number of nitrogens with one attached hydrogen (secondary N) is 1. The number of aromatic carboxylic acids is 1. The van der Waals surface area contributed by atoms with E-state index in [1.165, 1.54) is 30.3 Å². The quantitative estimate of drug-likeness (QED) is 0.893. The van der Waals surface area contributed by atoms with E-state index in [2.05, 4.69) is 5.32 Å². The molecule has 0 atom stereocenters. The minimum atomic E-state index is -1.22. The molecule has 0 amide bonds. The van der Waals surface area contributed by atoms with E-state index in [0.29, 0.717) is 0 Å². The van der Waals surface area contributed by atoms with Gasteiger partial charge in [-0.1, -0.05) is 17.7 Å². The first-order chi connectivity index (χ1) is 8.99. The molecule has 2 N–H and O–H groups in total. The third kappa shape index (κ3) is 2.82. The molecule has 2 rings (SSSR count). The SMILES string of the molecule is O=C(O)c1cc(Cl)ccc1Nc1cccc(F)c1F. The van der Waals surface area contributed by atoms with Gasteiger partial charge in [-0.05, 0) is 30.3 Å². The Balaban J connectivity index is 2.44. The molecule has 2 aromatic rings. The molecule has 0 saturated heterocycles. The average Bonchev–Trinajstić information content (AvgIpc) is 2.36. The van der Waals surface area contributed by atoms with Crippen LogP contribution in [0.1, 0.15) is 10.4 Å². The lowest BCUT2D eigenvalue weighted by molar-refractivity contribution is 0.0698. The van der Waals surface area contributed by atoms with Crippen molar-refractivity contribution in [2.45, 2.75) is 0 Å². The Bertz CT molecular complexity index is 647. The number of rotatable bonds is 3. The van der Waals surface area contributed by atoms with Gasteiger partial charge in [-0.3, -0.25) is 0 Å². The fraction of sp³-hybridized carbons (Fsp3) is 0. The van der Waals surface area contributed by atoms with Crippen molar-refractivity contribution in [3.05, 3.63) is 58.6 Å². The predicted octanol–water partition coefficient (Wildman–Crippen LogP) is 4.06. The van der Waals surface area contributed by atoms with Gasteiger partial charge in [0.1, 0.15) is 0 Å². The van der Waals surface area contributed by atoms with Crippen molar-refractivity contribution in [2.24, 2.45) is 0 Å². The van der Waals surface area contributed by atoms with Crippen LogP contribution in [-0.2, 0) is 0 Å². The highest BCUT2D eigenvalue weighted by atomic mass is 35.5. The molecule has 0 fully saturated rings. The Labute approximate surface area is 112 Å². The number of halogens is 3. The third-order valence-corrected chi connectivity index (χ3v) is 2.67. The molecule has 0 unspecified atom stereocenters. The van der Waals surface area contributed by atoms with Crippen LogP contribution in [0.2, 0.25) is 5.02 Å². The number of hydrogen-bond acceptors (Lipinski definition) is 2. The second kappa shape index (κ2) is 5.24. The highest BCUT2D eigenvalue weighted by Gasteiger charge is 2.13. The summed E-state index contributed by atoms with van der Waals surface area (Å²) in [6, 6.07) is 7.66. The zero-order chi connectivity index (χ0) is 14.0. The number of hydrogen-bond donors (Lipinski definition) is 2. The van der Waals surface area contributed by atoms with Crippen LogP contribution in [0.15, 0.2) is 36.4 Å². The van der Waals surface area contributed by atoms with Crippen molar-refractivity contribution in [1.29, 1.82) is 0 Å². The monoisotopic (exact) mass is 283 g/mol. The van der Waals surface area contributed by atoms with E-state index in [4.69, 9.17) is 16.7 Å². The summed E-state index contributed by atoms with van der Waals surface area (Å²) in [7, 11) is 0. The van der Waals surface area contributed by atoms with E-state index in [0.717, 1.165) is 6.07 Å². The van der Waals surface area contributed by atoms with Crippen LogP contribution in [-0.4, -0.2) is 11.1 Å². The molecule has 6 heteroatoms. The minimum absolute atomic E-state index is 0.126. The van der Waals surface area contributed by atoms with E-state index in [1.807, 2.05) is 0 Å². The van der Waals surface area contributed by atoms with Gasteiger partial charge in [-0.25, -0.2) is 13.6 Å². The summed E-state index contributed by atoms with van der Waals surface area (Å²) >= 11 is 5.70. The lowest BCUT2D eigenvalue weighted by atomic mass is 10.1. The van der Waals surface area contributed by atoms with Gasteiger partial charge in [0, 0.05) is 5.02 Å². The Hall–Kier alpha value is -2.14. The molecule has 19 heavy (non-hydrogen) atoms. The molecule has 0 bridgehead atoms. The largest absolute Gasteiger partial charge is 0.478 e. The average molecular weight is 284 g/mol. The fourth-order valence-electron chi connectivity index (χ4n) is 1.55. The van der Waals surface area contributed by atoms with Crippen LogP contribution in [0, 0.1) is 11.6 Å². The molecular weight excluding hydrogens is 276 g/mol. The summed E-state index contributed by atoms with van der Waals surface area (Å²) in [4.78, 5) is 11.0. The molecule has 0 saturated carbocycles. The Morgan fingerprint density at radius 3 is 2.58 bits per heavy atom. The number of carboxylic acid groups (broad SMARTS) is 1. The fourth-order valence-corrected chi connectivity index (χ4v) is 1.72. The van der Waals surface area contributed by atoms with Crippen molar-refractivity contribution in [3.63, 3.8) is 0 Å². The van der Waals surface area contributed by atoms with E-state index in [9.17, 15) is 13.6 Å². The van der Waals surface area contributed by atoms with E-state index in [1.54, 1.807) is 0 Å². The molecule has 0 spiro atoms. The highest BCUT2D eigenvalue weighted by Crippen LogP contribution is 2.26. The van der Waals surface area contributed by atoms with Crippen LogP contribution < -0.4 is 5.32 Å². The van der Waals surface area contributed by atoms with Crippen molar-refractivity contribution in [3.8, 4) is 0 Å². The molecule has 0 heterocycles. The highest BCUT2D eigenvalue weighted by molar-refractivity contribution is 6.31. The molecule has 0 aliphatic rings. The molecular formula is C13H8ClF2NO2. The maximum atomic E-state index is 13.5. The summed E-state index contributed by atoms with van der Waals surface area (Å²) in [5, 5.41) is 11.8. The number of benzene rings is 2. The maximum Gasteiger partial charge on any atom is 0.337 e. The van der Waals surface area contributed by atoms with Gasteiger partial charge in [-0.2, -0.15) is 0 Å². The third-order valence-electron chi connectivity index (χ3n) is 2.43. The molecule has 0 aromatic heterocycles. The first-order valence-electron chi connectivity index (χ1n) is 5.23. The van der Waals surface area contributed by atoms with Gasteiger partial charge < -0.3 is 10.4 Å². The maximum absolute atomic E-state index is 13.5. The van der Waals surface area contributed by atoms with Gasteiger partial charge in [0.15, 0.2) is 11.6 Å². The predicted molar refractivity (Wildman–Crippen MR) is 68.1 cm³/mol. The summed E-state index contributed by atoms with van der Waals surface area (Å²) in [6.07, 6.45) is 0. The van der Waals surface area contributed by atoms with Crippen molar-refractivity contribution in [2.75, 3.05) is 5.32 Å². The smallest absolute Gasteiger partial charge is 0.337 e. The zero-order valence-electron chi connectivity index (χ0n) is 9.45. The molecule has 2 aromatic carbocycles. The topological polar surface area (TPSA) is 49.3 Å². The summed E-state index contributed by atoms with van der Waals surface area (Å²) < 4.78 is 26.5. The van der Waals surface area contributed by atoms with Crippen molar-refractivity contribution >= 4 is 28.9 Å². The number of anilines is 2. The Morgan fingerprint density at radius 2 is 1.89 bits per heavy atom. The standard InChI is InChI=1S/C13H8ClF2NO2/c14-7-4-5-10(8(6-7)13(18)19)17-11-3-1-2-9(15)12(11)16/h1-6,17H,(H,18,19). The Morgan fingerprint density at radius 1 is 1.16 bits per heavy atom. The van der Waals surface area contributed by atoms with Crippen molar-refractivity contribution in [1.82, 2.24) is 0 Å². The summed E-state index contributed by atoms with van der Waals surface area (Å²) in [5.74, 6) is -3.31. The van der Waals surface area contributed by atoms with Crippen LogP contribution in [0.3, 0.4) is 0 Å². The van der Waals surface area contributed by atoms with E-state index >= 15 is 0 Å². The first-order valence-corrected chi connectivity index (χ1v) is 5.60. The van der Waals surface area contributed by atoms with E-state index in [-0.39, 0.29) is 22.0 Å². The molecule has 3 nitrogen and oxygen atoms in total. The second-order valence-electron chi connectivity index (χ2n) is 3.72. The van der Waals surface area contributed by atoms with Crippen LogP contribution >= 0.6 is 11.6 Å². The minimum Gasteiger partial charge on any atom is -0.478 e. The van der Waals surface area contributed by atoms with Gasteiger partial charge in [0.05, 0.1) is 16.9 Å². The zero-order valence-corrected chi connectivity index (χ0v) is 10.2. The van der Waals surface area contributed by atoms with Gasteiger partial charge >= 0.3 is 5.97 Å². The normalized spacial score (nSPS) is 10.3. The molecule has 0 aliphatic heterocycles. The molecule has 98 valence electrons. The van der Waals surface area contributed by atoms with Crippen molar-refractivity contribution < 1.29 is 18.7 Å². The lowest BCUT2D eigenvalue weighted by Crippen LogP contribution is -2.04. The van der Waals surface area contributed by atoms with Gasteiger partial charge in [-0.15, -0.1) is 0 Å². The van der Waals surface area contributed by atoms with Crippen LogP contribution in [0.4, 0.5) is 20.2 Å². The van der Waals surface area contributed by atoms with Crippen LogP contribution in [0.25, 0.3) is 0 Å². The van der Waals surface area contributed by atoms with Gasteiger partial charge in [0.2, 0.25) is 0 Å². The lowest BCUT2D eigenvalue weighted by Gasteiger charge is -2.11. The molecule has 0 aliphatic carbocycles. The number of carbonyl (C=O) groups is 1. The number of carboxylic acids is 1. The van der Waals surface area contributed by atoms with Crippen LogP contribution in [0.5, 0.6) is 0 Å². The van der Waals surface area contributed by atoms with E-state index < -0.39 is 17.6 Å². The molecule has 0 radical (unpaired) electrons. The first kappa shape index (κ1) is 13.3. The summed E-state index contributed by atoms with van der Waals surface area (Å²) in [6.45, 7) is 0.